The molecule has 11 heteroatoms. The van der Waals surface area contributed by atoms with E-state index in [0.29, 0.717) is 23.0 Å². The van der Waals surface area contributed by atoms with E-state index in [9.17, 15) is 9.59 Å². The number of piperazine rings is 1. The third-order valence-corrected chi connectivity index (χ3v) is 7.53. The lowest BCUT2D eigenvalue weighted by Gasteiger charge is -2.27. The van der Waals surface area contributed by atoms with Crippen LogP contribution in [0, 0.1) is 6.92 Å². The summed E-state index contributed by atoms with van der Waals surface area (Å²) in [6, 6.07) is 3.92. The van der Waals surface area contributed by atoms with Crippen molar-refractivity contribution in [1.82, 2.24) is 39.5 Å². The lowest BCUT2D eigenvalue weighted by Crippen LogP contribution is -2.44. The van der Waals surface area contributed by atoms with Gasteiger partial charge in [0, 0.05) is 43.8 Å². The summed E-state index contributed by atoms with van der Waals surface area (Å²) in [5, 5.41) is 11.8. The van der Waals surface area contributed by atoms with Gasteiger partial charge in [0.15, 0.2) is 5.78 Å². The van der Waals surface area contributed by atoms with Crippen molar-refractivity contribution in [2.45, 2.75) is 52.2 Å². The Kier molecular flexibility index (Phi) is 6.17. The lowest BCUT2D eigenvalue weighted by molar-refractivity contribution is 0.101. The SMILES string of the molecule is CC(=O)c1c(C)c2cnc(Nc3ccc4c(cnn4CN4CCNCC4)n3)nc2n(C2CCCC2)c1=O. The van der Waals surface area contributed by atoms with Gasteiger partial charge in [0.05, 0.1) is 23.9 Å². The number of rotatable bonds is 6. The van der Waals surface area contributed by atoms with Crippen LogP contribution in [0.4, 0.5) is 11.8 Å². The quantitative estimate of drug-likeness (QED) is 0.384. The number of aromatic nitrogens is 6. The van der Waals surface area contributed by atoms with Crippen LogP contribution in [0.1, 0.15) is 54.6 Å². The molecule has 2 fully saturated rings. The molecule has 1 aliphatic heterocycles. The summed E-state index contributed by atoms with van der Waals surface area (Å²) in [5.74, 6) is 0.724. The second-order valence-electron chi connectivity index (χ2n) is 9.98. The molecule has 37 heavy (non-hydrogen) atoms. The van der Waals surface area contributed by atoms with Crippen LogP contribution in [0.15, 0.2) is 29.3 Å². The van der Waals surface area contributed by atoms with Gasteiger partial charge in [-0.3, -0.25) is 19.1 Å². The summed E-state index contributed by atoms with van der Waals surface area (Å²) in [6.45, 7) is 7.93. The third kappa shape index (κ3) is 4.38. The molecule has 2 aliphatic rings. The molecule has 6 rings (SSSR count). The second-order valence-corrected chi connectivity index (χ2v) is 9.98. The van der Waals surface area contributed by atoms with E-state index in [0.717, 1.165) is 75.0 Å². The van der Waals surface area contributed by atoms with Crippen LogP contribution < -0.4 is 16.2 Å². The summed E-state index contributed by atoms with van der Waals surface area (Å²) < 4.78 is 3.69. The zero-order chi connectivity index (χ0) is 25.5. The van der Waals surface area contributed by atoms with Crippen LogP contribution in [-0.2, 0) is 6.67 Å². The fraction of sp³-hybridized carbons (Fsp3) is 0.462. The first-order chi connectivity index (χ1) is 18.0. The van der Waals surface area contributed by atoms with Gasteiger partial charge in [-0.15, -0.1) is 0 Å². The first-order valence-electron chi connectivity index (χ1n) is 12.9. The van der Waals surface area contributed by atoms with Gasteiger partial charge in [-0.25, -0.2) is 14.6 Å². The highest BCUT2D eigenvalue weighted by atomic mass is 16.1. The molecule has 0 amide bonds. The number of ketones is 1. The van der Waals surface area contributed by atoms with Gasteiger partial charge >= 0.3 is 0 Å². The molecule has 0 spiro atoms. The highest BCUT2D eigenvalue weighted by molar-refractivity contribution is 5.99. The molecule has 1 aliphatic carbocycles. The van der Waals surface area contributed by atoms with Crippen molar-refractivity contribution in [3.05, 3.63) is 46.0 Å². The molecule has 4 aromatic heterocycles. The molecule has 1 saturated carbocycles. The van der Waals surface area contributed by atoms with Crippen LogP contribution in [-0.4, -0.2) is 66.2 Å². The van der Waals surface area contributed by atoms with E-state index < -0.39 is 0 Å². The predicted octanol–water partition coefficient (Wildman–Crippen LogP) is 2.77. The molecule has 0 aromatic carbocycles. The van der Waals surface area contributed by atoms with E-state index >= 15 is 0 Å². The minimum Gasteiger partial charge on any atom is -0.314 e. The number of Topliss-reactive ketones (excluding diaryl/α,β-unsaturated/α-hetero) is 1. The van der Waals surface area contributed by atoms with Crippen molar-refractivity contribution in [1.29, 1.82) is 0 Å². The van der Waals surface area contributed by atoms with Crippen LogP contribution in [0.25, 0.3) is 22.1 Å². The Morgan fingerprint density at radius 3 is 2.68 bits per heavy atom. The first-order valence-corrected chi connectivity index (χ1v) is 12.9. The van der Waals surface area contributed by atoms with Gasteiger partial charge in [-0.05, 0) is 44.4 Å². The summed E-state index contributed by atoms with van der Waals surface area (Å²) >= 11 is 0. The molecule has 0 unspecified atom stereocenters. The van der Waals surface area contributed by atoms with E-state index in [-0.39, 0.29) is 22.9 Å². The van der Waals surface area contributed by atoms with E-state index in [1.807, 2.05) is 16.8 Å². The molecule has 4 aromatic rings. The van der Waals surface area contributed by atoms with Crippen molar-refractivity contribution in [3.63, 3.8) is 0 Å². The Morgan fingerprint density at radius 2 is 1.92 bits per heavy atom. The summed E-state index contributed by atoms with van der Waals surface area (Å²) in [6.07, 6.45) is 7.39. The number of pyridine rings is 2. The smallest absolute Gasteiger partial charge is 0.263 e. The molecule has 0 bridgehead atoms. The molecule has 2 N–H and O–H groups in total. The number of carbonyl (C=O) groups is 1. The zero-order valence-electron chi connectivity index (χ0n) is 21.2. The molecule has 0 atom stereocenters. The fourth-order valence-electron chi connectivity index (χ4n) is 5.62. The van der Waals surface area contributed by atoms with Crippen LogP contribution >= 0.6 is 0 Å². The Balaban J connectivity index is 1.34. The number of nitrogens with zero attached hydrogens (tertiary/aromatic N) is 7. The molecule has 192 valence electrons. The zero-order valence-corrected chi connectivity index (χ0v) is 21.2. The Bertz CT molecular complexity index is 1550. The number of carbonyl (C=O) groups excluding carboxylic acids is 1. The maximum absolute atomic E-state index is 13.4. The average Bonchev–Trinajstić information content (AvgIpc) is 3.55. The third-order valence-electron chi connectivity index (χ3n) is 7.53. The van der Waals surface area contributed by atoms with Gasteiger partial charge in [-0.1, -0.05) is 12.8 Å². The van der Waals surface area contributed by atoms with Crippen molar-refractivity contribution in [2.24, 2.45) is 0 Å². The van der Waals surface area contributed by atoms with E-state index in [4.69, 9.17) is 9.97 Å². The van der Waals surface area contributed by atoms with Gasteiger partial charge in [0.1, 0.15) is 17.0 Å². The number of nitrogens with one attached hydrogen (secondary N) is 2. The lowest BCUT2D eigenvalue weighted by atomic mass is 10.0. The molecule has 0 radical (unpaired) electrons. The minimum atomic E-state index is -0.259. The fourth-order valence-corrected chi connectivity index (χ4v) is 5.62. The number of fused-ring (bicyclic) bond motifs is 2. The van der Waals surface area contributed by atoms with Crippen LogP contribution in [0.5, 0.6) is 0 Å². The van der Waals surface area contributed by atoms with Crippen molar-refractivity contribution in [3.8, 4) is 0 Å². The maximum Gasteiger partial charge on any atom is 0.263 e. The number of anilines is 2. The maximum atomic E-state index is 13.4. The number of hydrogen-bond acceptors (Lipinski definition) is 9. The Labute approximate surface area is 213 Å². The monoisotopic (exact) mass is 501 g/mol. The topological polar surface area (TPSA) is 123 Å². The molecule has 5 heterocycles. The average molecular weight is 502 g/mol. The summed E-state index contributed by atoms with van der Waals surface area (Å²) in [4.78, 5) is 42.1. The molecule has 1 saturated heterocycles. The summed E-state index contributed by atoms with van der Waals surface area (Å²) in [5.41, 5.74) is 2.91. The standard InChI is InChI=1S/C26H31N9O2/c1-16-19-13-28-26(32-24(19)35(18-5-3-4-6-18)25(37)23(16)17(2)36)31-22-8-7-21-20(30-22)14-29-34(21)15-33-11-9-27-10-12-33/h7-8,13-14,18,27H,3-6,9-12,15H2,1-2H3,(H,28,30,31,32). The van der Waals surface area contributed by atoms with Crippen molar-refractivity contribution >= 4 is 39.6 Å². The molecular formula is C26H31N9O2. The van der Waals surface area contributed by atoms with Crippen LogP contribution in [0.3, 0.4) is 0 Å². The Morgan fingerprint density at radius 1 is 1.14 bits per heavy atom. The normalized spacial score (nSPS) is 17.1. The van der Waals surface area contributed by atoms with Gasteiger partial charge in [-0.2, -0.15) is 10.1 Å². The van der Waals surface area contributed by atoms with Crippen LogP contribution in [0.2, 0.25) is 0 Å². The number of hydrogen-bond donors (Lipinski definition) is 2. The predicted molar refractivity (Wildman–Crippen MR) is 141 cm³/mol. The minimum absolute atomic E-state index is 0.0347. The number of aryl methyl sites for hydroxylation is 1. The van der Waals surface area contributed by atoms with E-state index in [2.05, 4.69) is 25.6 Å². The van der Waals surface area contributed by atoms with E-state index in [1.54, 1.807) is 23.9 Å². The van der Waals surface area contributed by atoms with Gasteiger partial charge in [0.25, 0.3) is 5.56 Å². The molecular weight excluding hydrogens is 470 g/mol. The largest absolute Gasteiger partial charge is 0.314 e. The second kappa shape index (κ2) is 9.64. The summed E-state index contributed by atoms with van der Waals surface area (Å²) in [7, 11) is 0. The van der Waals surface area contributed by atoms with Crippen molar-refractivity contribution < 1.29 is 4.79 Å². The molecule has 11 nitrogen and oxygen atoms in total. The highest BCUT2D eigenvalue weighted by Crippen LogP contribution is 2.32. The van der Waals surface area contributed by atoms with Gasteiger partial charge in [0.2, 0.25) is 5.95 Å². The van der Waals surface area contributed by atoms with E-state index in [1.165, 1.54) is 6.92 Å². The van der Waals surface area contributed by atoms with Gasteiger partial charge < -0.3 is 10.6 Å². The highest BCUT2D eigenvalue weighted by Gasteiger charge is 2.26. The first kappa shape index (κ1) is 23.7. The van der Waals surface area contributed by atoms with Crippen molar-refractivity contribution in [2.75, 3.05) is 31.5 Å². The Hall–Kier alpha value is -3.70.